The normalized spacial score (nSPS) is 12.7. The molecule has 156 valence electrons. The smallest absolute Gasteiger partial charge is 0.279 e. The van der Waals surface area contributed by atoms with Gasteiger partial charge in [-0.15, -0.1) is 0 Å². The van der Waals surface area contributed by atoms with Crippen molar-refractivity contribution in [3.05, 3.63) is 58.6 Å². The number of benzene rings is 2. The summed E-state index contributed by atoms with van der Waals surface area (Å²) in [5, 5.41) is 6.34. The van der Waals surface area contributed by atoms with Crippen LogP contribution >= 0.6 is 11.6 Å². The van der Waals surface area contributed by atoms with Crippen molar-refractivity contribution in [2.45, 2.75) is 26.3 Å². The standard InChI is InChI=1S/C22H28ClN3O3/c1-5-18(16-8-6-15(2)7-9-16)24-21(27)13-26(3)14-22(28)25-19-12-17(23)10-11-20(19)29-4/h6-12,18H,5,13-14H2,1-4H3,(H,24,27)(H,25,28)/p+1/t18-/m0/s1. The molecule has 0 aliphatic carbocycles. The van der Waals surface area contributed by atoms with Crippen LogP contribution in [-0.4, -0.2) is 39.1 Å². The van der Waals surface area contributed by atoms with E-state index in [1.54, 1.807) is 25.2 Å². The van der Waals surface area contributed by atoms with E-state index in [0.29, 0.717) is 16.5 Å². The molecule has 0 fully saturated rings. The second-order valence-corrected chi connectivity index (χ2v) is 7.58. The third kappa shape index (κ3) is 7.07. The van der Waals surface area contributed by atoms with Gasteiger partial charge in [-0.3, -0.25) is 9.59 Å². The van der Waals surface area contributed by atoms with Gasteiger partial charge < -0.3 is 20.3 Å². The van der Waals surface area contributed by atoms with Crippen LogP contribution in [0.2, 0.25) is 5.02 Å². The first-order valence-electron chi connectivity index (χ1n) is 9.63. The predicted octanol–water partition coefficient (Wildman–Crippen LogP) is 2.38. The lowest BCUT2D eigenvalue weighted by Crippen LogP contribution is -3.11. The van der Waals surface area contributed by atoms with E-state index in [0.717, 1.165) is 16.9 Å². The Morgan fingerprint density at radius 1 is 1.10 bits per heavy atom. The first kappa shape index (κ1) is 22.7. The minimum absolute atomic E-state index is 0.0413. The van der Waals surface area contributed by atoms with Gasteiger partial charge in [-0.2, -0.15) is 0 Å². The lowest BCUT2D eigenvalue weighted by molar-refractivity contribution is -0.862. The fourth-order valence-electron chi connectivity index (χ4n) is 3.05. The molecule has 2 atom stereocenters. The number of ether oxygens (including phenoxy) is 1. The van der Waals surface area contributed by atoms with Crippen molar-refractivity contribution in [1.29, 1.82) is 0 Å². The van der Waals surface area contributed by atoms with E-state index in [-0.39, 0.29) is 30.9 Å². The van der Waals surface area contributed by atoms with E-state index in [9.17, 15) is 9.59 Å². The van der Waals surface area contributed by atoms with E-state index < -0.39 is 0 Å². The Balaban J connectivity index is 1.88. The first-order chi connectivity index (χ1) is 13.8. The lowest BCUT2D eigenvalue weighted by Gasteiger charge is -2.19. The van der Waals surface area contributed by atoms with Gasteiger partial charge in [0, 0.05) is 5.02 Å². The topological polar surface area (TPSA) is 71.9 Å². The van der Waals surface area contributed by atoms with Crippen molar-refractivity contribution in [3.63, 3.8) is 0 Å². The molecule has 1 unspecified atom stereocenters. The molecule has 0 bridgehead atoms. The molecule has 2 rings (SSSR count). The molecule has 29 heavy (non-hydrogen) atoms. The summed E-state index contributed by atoms with van der Waals surface area (Å²) in [6.45, 7) is 4.41. The zero-order valence-corrected chi connectivity index (χ0v) is 18.1. The maximum absolute atomic E-state index is 12.4. The summed E-state index contributed by atoms with van der Waals surface area (Å²) < 4.78 is 5.23. The van der Waals surface area contributed by atoms with Crippen LogP contribution in [-0.2, 0) is 9.59 Å². The summed E-state index contributed by atoms with van der Waals surface area (Å²) >= 11 is 5.99. The molecule has 2 amide bonds. The number of halogens is 1. The molecule has 0 spiro atoms. The second-order valence-electron chi connectivity index (χ2n) is 7.14. The molecular weight excluding hydrogens is 390 g/mol. The molecule has 0 aliphatic rings. The van der Waals surface area contributed by atoms with Crippen molar-refractivity contribution < 1.29 is 19.2 Å². The summed E-state index contributed by atoms with van der Waals surface area (Å²) in [4.78, 5) is 25.6. The van der Waals surface area contributed by atoms with Crippen LogP contribution in [0, 0.1) is 6.92 Å². The Hall–Kier alpha value is -2.57. The molecule has 6 nitrogen and oxygen atoms in total. The van der Waals surface area contributed by atoms with Gasteiger partial charge in [-0.1, -0.05) is 48.4 Å². The summed E-state index contributed by atoms with van der Waals surface area (Å²) in [7, 11) is 3.33. The average Bonchev–Trinajstić information content (AvgIpc) is 2.66. The van der Waals surface area contributed by atoms with E-state index in [1.165, 1.54) is 12.7 Å². The van der Waals surface area contributed by atoms with Crippen LogP contribution in [0.1, 0.15) is 30.5 Å². The number of nitrogens with one attached hydrogen (secondary N) is 3. The first-order valence-corrected chi connectivity index (χ1v) is 10.0. The molecule has 0 radical (unpaired) electrons. The Kier molecular flexibility index (Phi) is 8.49. The third-order valence-corrected chi connectivity index (χ3v) is 4.82. The van der Waals surface area contributed by atoms with Crippen LogP contribution < -0.4 is 20.3 Å². The van der Waals surface area contributed by atoms with Gasteiger partial charge in [0.15, 0.2) is 13.1 Å². The van der Waals surface area contributed by atoms with Crippen LogP contribution in [0.4, 0.5) is 5.69 Å². The third-order valence-electron chi connectivity index (χ3n) is 4.58. The monoisotopic (exact) mass is 418 g/mol. The maximum atomic E-state index is 12.4. The van der Waals surface area contributed by atoms with Gasteiger partial charge in [-0.25, -0.2) is 0 Å². The highest BCUT2D eigenvalue weighted by molar-refractivity contribution is 6.31. The van der Waals surface area contributed by atoms with Gasteiger partial charge in [0.05, 0.1) is 25.9 Å². The molecule has 7 heteroatoms. The summed E-state index contributed by atoms with van der Waals surface area (Å²) in [5.41, 5.74) is 2.77. The van der Waals surface area contributed by atoms with Crippen LogP contribution in [0.25, 0.3) is 0 Å². The molecule has 3 N–H and O–H groups in total. The van der Waals surface area contributed by atoms with Crippen LogP contribution in [0.5, 0.6) is 5.75 Å². The molecule has 0 saturated carbocycles. The number of amides is 2. The molecule has 0 aliphatic heterocycles. The van der Waals surface area contributed by atoms with E-state index in [2.05, 4.69) is 10.6 Å². The predicted molar refractivity (Wildman–Crippen MR) is 116 cm³/mol. The zero-order valence-electron chi connectivity index (χ0n) is 17.3. The molecule has 0 saturated heterocycles. The Bertz CT molecular complexity index is 840. The van der Waals surface area contributed by atoms with Crippen LogP contribution in [0.3, 0.4) is 0 Å². The number of carbonyl (C=O) groups excluding carboxylic acids is 2. The van der Waals surface area contributed by atoms with Crippen molar-refractivity contribution in [2.75, 3.05) is 32.6 Å². The minimum Gasteiger partial charge on any atom is -0.495 e. The molecule has 2 aromatic carbocycles. The quantitative estimate of drug-likeness (QED) is 0.585. The highest BCUT2D eigenvalue weighted by Gasteiger charge is 2.18. The average molecular weight is 419 g/mol. The largest absolute Gasteiger partial charge is 0.495 e. The van der Waals surface area contributed by atoms with Gasteiger partial charge in [0.25, 0.3) is 11.8 Å². The molecule has 2 aromatic rings. The number of hydrogen-bond donors (Lipinski definition) is 3. The van der Waals surface area contributed by atoms with Crippen LogP contribution in [0.15, 0.2) is 42.5 Å². The van der Waals surface area contributed by atoms with Crippen molar-refractivity contribution in [1.82, 2.24) is 5.32 Å². The van der Waals surface area contributed by atoms with Crippen molar-refractivity contribution >= 4 is 29.1 Å². The molecule has 0 heterocycles. The second kappa shape index (κ2) is 10.8. The highest BCUT2D eigenvalue weighted by Crippen LogP contribution is 2.27. The summed E-state index contributed by atoms with van der Waals surface area (Å²) in [6.07, 6.45) is 0.795. The minimum atomic E-state index is -0.221. The Morgan fingerprint density at radius 2 is 1.76 bits per heavy atom. The van der Waals surface area contributed by atoms with Crippen molar-refractivity contribution in [2.24, 2.45) is 0 Å². The Morgan fingerprint density at radius 3 is 2.38 bits per heavy atom. The number of hydrogen-bond acceptors (Lipinski definition) is 3. The summed E-state index contributed by atoms with van der Waals surface area (Å²) in [6, 6.07) is 13.1. The molecular formula is C22H29ClN3O3+. The van der Waals surface area contributed by atoms with Gasteiger partial charge in [0.1, 0.15) is 5.75 Å². The molecule has 0 aromatic heterocycles. The van der Waals surface area contributed by atoms with E-state index >= 15 is 0 Å². The number of aryl methyl sites for hydroxylation is 1. The van der Waals surface area contributed by atoms with Gasteiger partial charge in [-0.05, 0) is 37.1 Å². The van der Waals surface area contributed by atoms with Gasteiger partial charge >= 0.3 is 0 Å². The number of methoxy groups -OCH3 is 1. The fourth-order valence-corrected chi connectivity index (χ4v) is 3.22. The fraction of sp³-hybridized carbons (Fsp3) is 0.364. The highest BCUT2D eigenvalue weighted by atomic mass is 35.5. The van der Waals surface area contributed by atoms with Crippen molar-refractivity contribution in [3.8, 4) is 5.75 Å². The van der Waals surface area contributed by atoms with E-state index in [4.69, 9.17) is 16.3 Å². The Labute approximate surface area is 177 Å². The summed E-state index contributed by atoms with van der Waals surface area (Å²) in [5.74, 6) is 0.214. The zero-order chi connectivity index (χ0) is 21.4. The maximum Gasteiger partial charge on any atom is 0.279 e. The number of carbonyl (C=O) groups is 2. The number of likely N-dealkylation sites (N-methyl/N-ethyl adjacent to an activating group) is 1. The van der Waals surface area contributed by atoms with E-state index in [1.807, 2.05) is 38.1 Å². The SMILES string of the molecule is CC[C@H](NC(=O)C[NH+](C)CC(=O)Nc1cc(Cl)ccc1OC)c1ccc(C)cc1. The van der Waals surface area contributed by atoms with Gasteiger partial charge in [0.2, 0.25) is 0 Å². The number of anilines is 1. The number of quaternary nitrogens is 1. The lowest BCUT2D eigenvalue weighted by atomic mass is 10.0. The number of rotatable bonds is 9.